The summed E-state index contributed by atoms with van der Waals surface area (Å²) in [5, 5.41) is 9.81. The molecule has 0 saturated carbocycles. The molecule has 29 heavy (non-hydrogen) atoms. The van der Waals surface area contributed by atoms with Crippen molar-refractivity contribution >= 4 is 16.9 Å². The number of fused-ring (bicyclic) bond motifs is 1. The van der Waals surface area contributed by atoms with Crippen molar-refractivity contribution in [3.05, 3.63) is 101 Å². The molecule has 0 aliphatic heterocycles. The van der Waals surface area contributed by atoms with Crippen LogP contribution in [0.25, 0.3) is 11.0 Å². The van der Waals surface area contributed by atoms with Crippen molar-refractivity contribution in [3.8, 4) is 17.2 Å². The third-order valence-corrected chi connectivity index (χ3v) is 4.27. The highest BCUT2D eigenvalue weighted by atomic mass is 16.5. The second kappa shape index (κ2) is 7.90. The van der Waals surface area contributed by atoms with E-state index in [1.807, 2.05) is 6.07 Å². The molecular formula is C23H16O6. The third kappa shape index (κ3) is 3.96. The SMILES string of the molecule is O=C(O)C(Oc1ccc2c(=O)c(Oc3ccccc3)coc2c1)c1ccccc1. The molecule has 6 heteroatoms. The summed E-state index contributed by atoms with van der Waals surface area (Å²) in [6.07, 6.45) is 0.0499. The molecule has 1 unspecified atom stereocenters. The van der Waals surface area contributed by atoms with Gasteiger partial charge in [-0.3, -0.25) is 4.79 Å². The summed E-state index contributed by atoms with van der Waals surface area (Å²) in [4.78, 5) is 24.3. The maximum absolute atomic E-state index is 12.7. The summed E-state index contributed by atoms with van der Waals surface area (Å²) < 4.78 is 16.8. The molecule has 0 amide bonds. The Morgan fingerprint density at radius 2 is 1.59 bits per heavy atom. The fourth-order valence-corrected chi connectivity index (χ4v) is 2.88. The molecule has 0 saturated heterocycles. The largest absolute Gasteiger partial charge is 0.478 e. The molecule has 1 aromatic heterocycles. The van der Waals surface area contributed by atoms with Crippen LogP contribution in [-0.2, 0) is 4.79 Å². The first-order chi connectivity index (χ1) is 14.1. The van der Waals surface area contributed by atoms with Crippen LogP contribution >= 0.6 is 0 Å². The Labute approximate surface area is 165 Å². The molecule has 0 fully saturated rings. The second-order valence-electron chi connectivity index (χ2n) is 6.25. The molecule has 0 aliphatic carbocycles. The van der Waals surface area contributed by atoms with Crippen LogP contribution in [0.1, 0.15) is 11.7 Å². The predicted molar refractivity (Wildman–Crippen MR) is 106 cm³/mol. The molecule has 1 atom stereocenters. The molecule has 4 rings (SSSR count). The van der Waals surface area contributed by atoms with E-state index in [0.717, 1.165) is 0 Å². The fraction of sp³-hybridized carbons (Fsp3) is 0.0435. The first-order valence-electron chi connectivity index (χ1n) is 8.85. The van der Waals surface area contributed by atoms with Crippen LogP contribution in [0.15, 0.2) is 94.3 Å². The summed E-state index contributed by atoms with van der Waals surface area (Å²) in [5.74, 6) is -0.269. The van der Waals surface area contributed by atoms with Crippen molar-refractivity contribution in [2.24, 2.45) is 0 Å². The molecule has 6 nitrogen and oxygen atoms in total. The van der Waals surface area contributed by atoms with Gasteiger partial charge in [0.1, 0.15) is 23.3 Å². The topological polar surface area (TPSA) is 86.0 Å². The zero-order chi connectivity index (χ0) is 20.2. The molecule has 4 aromatic rings. The summed E-state index contributed by atoms with van der Waals surface area (Å²) >= 11 is 0. The van der Waals surface area contributed by atoms with Gasteiger partial charge < -0.3 is 19.0 Å². The Balaban J connectivity index is 1.64. The standard InChI is InChI=1S/C23H16O6/c24-21-18-12-11-17(29-22(23(25)26)15-7-3-1-4-8-15)13-19(18)27-14-20(21)28-16-9-5-2-6-10-16/h1-14,22H,(H,25,26). The van der Waals surface area contributed by atoms with Crippen molar-refractivity contribution in [3.63, 3.8) is 0 Å². The van der Waals surface area contributed by atoms with Gasteiger partial charge in [0.05, 0.1) is 5.39 Å². The average molecular weight is 388 g/mol. The number of carboxylic acids is 1. The lowest BCUT2D eigenvalue weighted by atomic mass is 10.1. The van der Waals surface area contributed by atoms with E-state index in [-0.39, 0.29) is 22.5 Å². The Morgan fingerprint density at radius 3 is 2.28 bits per heavy atom. The van der Waals surface area contributed by atoms with Crippen LogP contribution in [0.4, 0.5) is 0 Å². The minimum absolute atomic E-state index is 0.0602. The zero-order valence-corrected chi connectivity index (χ0v) is 15.1. The van der Waals surface area contributed by atoms with Crippen LogP contribution in [0, 0.1) is 0 Å². The van der Waals surface area contributed by atoms with Gasteiger partial charge >= 0.3 is 5.97 Å². The van der Waals surface area contributed by atoms with Crippen LogP contribution in [-0.4, -0.2) is 11.1 Å². The number of hydrogen-bond donors (Lipinski definition) is 1. The Kier molecular flexibility index (Phi) is 4.99. The molecule has 144 valence electrons. The fourth-order valence-electron chi connectivity index (χ4n) is 2.88. The van der Waals surface area contributed by atoms with Gasteiger partial charge in [-0.15, -0.1) is 0 Å². The molecule has 3 aromatic carbocycles. The maximum atomic E-state index is 12.7. The van der Waals surface area contributed by atoms with E-state index >= 15 is 0 Å². The predicted octanol–water partition coefficient (Wildman–Crippen LogP) is 4.79. The molecule has 0 aliphatic rings. The summed E-state index contributed by atoms with van der Waals surface area (Å²) in [6, 6.07) is 22.1. The summed E-state index contributed by atoms with van der Waals surface area (Å²) in [7, 11) is 0. The zero-order valence-electron chi connectivity index (χ0n) is 15.1. The van der Waals surface area contributed by atoms with Crippen molar-refractivity contribution < 1.29 is 23.8 Å². The lowest BCUT2D eigenvalue weighted by Crippen LogP contribution is -2.18. The first-order valence-corrected chi connectivity index (χ1v) is 8.85. The third-order valence-electron chi connectivity index (χ3n) is 4.27. The van der Waals surface area contributed by atoms with Crippen molar-refractivity contribution in [1.29, 1.82) is 0 Å². The molecule has 0 bridgehead atoms. The van der Waals surface area contributed by atoms with Gasteiger partial charge in [0.15, 0.2) is 0 Å². The minimum Gasteiger partial charge on any atom is -0.478 e. The minimum atomic E-state index is -1.18. The van der Waals surface area contributed by atoms with Gasteiger partial charge in [0.2, 0.25) is 17.3 Å². The number of aliphatic carboxylic acids is 1. The van der Waals surface area contributed by atoms with Crippen LogP contribution < -0.4 is 14.9 Å². The summed E-state index contributed by atoms with van der Waals surface area (Å²) in [5.41, 5.74) is 0.442. The maximum Gasteiger partial charge on any atom is 0.349 e. The number of carbonyl (C=O) groups is 1. The number of carboxylic acid groups (broad SMARTS) is 1. The lowest BCUT2D eigenvalue weighted by Gasteiger charge is -2.15. The van der Waals surface area contributed by atoms with Gasteiger partial charge in [-0.1, -0.05) is 48.5 Å². The van der Waals surface area contributed by atoms with E-state index in [1.54, 1.807) is 54.6 Å². The van der Waals surface area contributed by atoms with Gasteiger partial charge in [-0.05, 0) is 24.3 Å². The highest BCUT2D eigenvalue weighted by molar-refractivity contribution is 5.79. The van der Waals surface area contributed by atoms with E-state index in [1.165, 1.54) is 24.5 Å². The van der Waals surface area contributed by atoms with Gasteiger partial charge in [0, 0.05) is 11.6 Å². The van der Waals surface area contributed by atoms with Crippen LogP contribution in [0.2, 0.25) is 0 Å². The van der Waals surface area contributed by atoms with E-state index in [9.17, 15) is 14.7 Å². The average Bonchev–Trinajstić information content (AvgIpc) is 2.75. The van der Waals surface area contributed by atoms with E-state index in [4.69, 9.17) is 13.9 Å². The molecular weight excluding hydrogens is 372 g/mol. The highest BCUT2D eigenvalue weighted by Crippen LogP contribution is 2.27. The Hall–Kier alpha value is -4.06. The quantitative estimate of drug-likeness (QED) is 0.511. The number of rotatable bonds is 6. The van der Waals surface area contributed by atoms with Gasteiger partial charge in [-0.2, -0.15) is 0 Å². The Morgan fingerprint density at radius 1 is 0.897 bits per heavy atom. The van der Waals surface area contributed by atoms with Crippen molar-refractivity contribution in [2.75, 3.05) is 0 Å². The number of para-hydroxylation sites is 1. The Bertz CT molecular complexity index is 1200. The highest BCUT2D eigenvalue weighted by Gasteiger charge is 2.22. The molecule has 0 radical (unpaired) electrons. The molecule has 1 heterocycles. The summed E-state index contributed by atoms with van der Waals surface area (Å²) in [6.45, 7) is 0. The van der Waals surface area contributed by atoms with Gasteiger partial charge in [-0.25, -0.2) is 4.79 Å². The van der Waals surface area contributed by atoms with Gasteiger partial charge in [0.25, 0.3) is 0 Å². The normalized spacial score (nSPS) is 11.7. The van der Waals surface area contributed by atoms with E-state index < -0.39 is 12.1 Å². The number of ether oxygens (including phenoxy) is 2. The van der Waals surface area contributed by atoms with Crippen molar-refractivity contribution in [2.45, 2.75) is 6.10 Å². The lowest BCUT2D eigenvalue weighted by molar-refractivity contribution is -0.145. The smallest absolute Gasteiger partial charge is 0.349 e. The van der Waals surface area contributed by atoms with Crippen LogP contribution in [0.3, 0.4) is 0 Å². The molecule has 1 N–H and O–H groups in total. The van der Waals surface area contributed by atoms with Crippen molar-refractivity contribution in [1.82, 2.24) is 0 Å². The number of hydrogen-bond acceptors (Lipinski definition) is 5. The second-order valence-corrected chi connectivity index (χ2v) is 6.25. The van der Waals surface area contributed by atoms with E-state index in [2.05, 4.69) is 0 Å². The first kappa shape index (κ1) is 18.3. The van der Waals surface area contributed by atoms with E-state index in [0.29, 0.717) is 16.7 Å². The van der Waals surface area contributed by atoms with Crippen LogP contribution in [0.5, 0.6) is 17.2 Å². The monoisotopic (exact) mass is 388 g/mol. The molecule has 0 spiro atoms. The number of benzene rings is 3.